The van der Waals surface area contributed by atoms with Crippen LogP contribution >= 0.6 is 0 Å². The van der Waals surface area contributed by atoms with Crippen LogP contribution in [0.2, 0.25) is 0 Å². The molecule has 1 N–H and O–H groups in total. The Morgan fingerprint density at radius 2 is 2.04 bits per heavy atom. The van der Waals surface area contributed by atoms with Crippen LogP contribution in [0.1, 0.15) is 29.7 Å². The molecule has 5 nitrogen and oxygen atoms in total. The normalized spacial score (nSPS) is 16.7. The Hall–Kier alpha value is -2.68. The second kappa shape index (κ2) is 6.56. The highest BCUT2D eigenvalue weighted by molar-refractivity contribution is 6.06. The minimum Gasteiger partial charge on any atom is -0.433 e. The third-order valence-corrected chi connectivity index (χ3v) is 3.98. The number of carbonyl (C=O) groups is 1. The average Bonchev–Trinajstić information content (AvgIpc) is 2.75. The quantitative estimate of drug-likeness (QED) is 0.820. The predicted octanol–water partition coefficient (Wildman–Crippen LogP) is 3.37. The first-order valence-electron chi connectivity index (χ1n) is 7.61. The van der Waals surface area contributed by atoms with Gasteiger partial charge in [0.15, 0.2) is 0 Å². The van der Waals surface area contributed by atoms with Crippen LogP contribution in [0.5, 0.6) is 5.75 Å². The summed E-state index contributed by atoms with van der Waals surface area (Å²) in [7, 11) is 0. The van der Waals surface area contributed by atoms with Gasteiger partial charge in [0, 0.05) is 6.20 Å². The van der Waals surface area contributed by atoms with Crippen molar-refractivity contribution in [2.75, 3.05) is 4.90 Å². The summed E-state index contributed by atoms with van der Waals surface area (Å²) in [6, 6.07) is 5.32. The van der Waals surface area contributed by atoms with Gasteiger partial charge in [0.05, 0.1) is 30.1 Å². The standard InChI is InChI=1S/C17H14F4N2O3/c1-9(24)12-3-2-4-13-14(12)17(20,21)15(25)23(13)8-10-5-11(7-22-6-10)26-16(18)19/h2-7,9,16,24H,8H2,1H3/t9-/m0/s1. The fourth-order valence-electron chi connectivity index (χ4n) is 2.92. The molecule has 2 aromatic rings. The molecule has 26 heavy (non-hydrogen) atoms. The number of fused-ring (bicyclic) bond motifs is 1. The van der Waals surface area contributed by atoms with Crippen LogP contribution < -0.4 is 9.64 Å². The number of aromatic nitrogens is 1. The number of benzene rings is 1. The van der Waals surface area contributed by atoms with Gasteiger partial charge in [0.2, 0.25) is 0 Å². The number of halogens is 4. The molecule has 0 unspecified atom stereocenters. The van der Waals surface area contributed by atoms with Crippen molar-refractivity contribution in [1.29, 1.82) is 0 Å². The van der Waals surface area contributed by atoms with E-state index in [4.69, 9.17) is 0 Å². The van der Waals surface area contributed by atoms with E-state index in [9.17, 15) is 27.5 Å². The lowest BCUT2D eigenvalue weighted by atomic mass is 9.98. The second-order valence-corrected chi connectivity index (χ2v) is 5.79. The fourth-order valence-corrected chi connectivity index (χ4v) is 2.92. The molecular weight excluding hydrogens is 356 g/mol. The van der Waals surface area contributed by atoms with Crippen molar-refractivity contribution in [3.05, 3.63) is 53.3 Å². The number of hydrogen-bond donors (Lipinski definition) is 1. The van der Waals surface area contributed by atoms with Crippen molar-refractivity contribution < 1.29 is 32.2 Å². The van der Waals surface area contributed by atoms with Crippen molar-refractivity contribution in [2.45, 2.75) is 32.1 Å². The topological polar surface area (TPSA) is 62.7 Å². The smallest absolute Gasteiger partial charge is 0.387 e. The Kier molecular flexibility index (Phi) is 4.57. The molecule has 9 heteroatoms. The molecule has 1 aliphatic heterocycles. The van der Waals surface area contributed by atoms with Crippen molar-refractivity contribution in [2.24, 2.45) is 0 Å². The molecule has 1 amide bonds. The minimum absolute atomic E-state index is 0.0430. The zero-order chi connectivity index (χ0) is 19.1. The number of amides is 1. The Balaban J connectivity index is 1.98. The zero-order valence-corrected chi connectivity index (χ0v) is 13.5. The van der Waals surface area contributed by atoms with Gasteiger partial charge in [-0.3, -0.25) is 9.78 Å². The first-order chi connectivity index (χ1) is 12.2. The lowest BCUT2D eigenvalue weighted by molar-refractivity contribution is -0.141. The molecule has 2 heterocycles. The van der Waals surface area contributed by atoms with Crippen LogP contribution in [0.15, 0.2) is 36.7 Å². The summed E-state index contributed by atoms with van der Waals surface area (Å²) in [6.45, 7) is -2.04. The summed E-state index contributed by atoms with van der Waals surface area (Å²) in [5, 5.41) is 9.74. The Bertz CT molecular complexity index is 843. The number of rotatable bonds is 5. The Labute approximate surface area is 145 Å². The van der Waals surface area contributed by atoms with Crippen molar-refractivity contribution in [1.82, 2.24) is 4.98 Å². The monoisotopic (exact) mass is 370 g/mol. The molecule has 0 radical (unpaired) electrons. The zero-order valence-electron chi connectivity index (χ0n) is 13.5. The van der Waals surface area contributed by atoms with Gasteiger partial charge in [-0.05, 0) is 30.2 Å². The van der Waals surface area contributed by atoms with Gasteiger partial charge in [-0.25, -0.2) is 0 Å². The SMILES string of the molecule is C[C@H](O)c1cccc2c1C(F)(F)C(=O)N2Cc1cncc(OC(F)F)c1. The first-order valence-corrected chi connectivity index (χ1v) is 7.61. The molecule has 1 aliphatic rings. The maximum Gasteiger partial charge on any atom is 0.387 e. The number of aliphatic hydroxyl groups excluding tert-OH is 1. The van der Waals surface area contributed by atoms with Gasteiger partial charge in [0.1, 0.15) is 5.75 Å². The van der Waals surface area contributed by atoms with E-state index in [1.807, 2.05) is 0 Å². The van der Waals surface area contributed by atoms with E-state index < -0.39 is 30.1 Å². The number of nitrogens with zero attached hydrogens (tertiary/aromatic N) is 2. The highest BCUT2D eigenvalue weighted by Gasteiger charge is 2.54. The van der Waals surface area contributed by atoms with Gasteiger partial charge in [-0.1, -0.05) is 12.1 Å². The molecule has 0 aliphatic carbocycles. The molecule has 0 saturated carbocycles. The second-order valence-electron chi connectivity index (χ2n) is 5.79. The summed E-state index contributed by atoms with van der Waals surface area (Å²) >= 11 is 0. The van der Waals surface area contributed by atoms with E-state index >= 15 is 0 Å². The number of aliphatic hydroxyl groups is 1. The maximum atomic E-state index is 14.5. The predicted molar refractivity (Wildman–Crippen MR) is 83.0 cm³/mol. The summed E-state index contributed by atoms with van der Waals surface area (Å²) in [5.41, 5.74) is -0.398. The van der Waals surface area contributed by atoms with Crippen molar-refractivity contribution >= 4 is 11.6 Å². The largest absolute Gasteiger partial charge is 0.433 e. The van der Waals surface area contributed by atoms with E-state index in [0.717, 1.165) is 11.1 Å². The van der Waals surface area contributed by atoms with E-state index in [1.54, 1.807) is 0 Å². The van der Waals surface area contributed by atoms with Gasteiger partial charge in [-0.15, -0.1) is 0 Å². The van der Waals surface area contributed by atoms with Gasteiger partial charge in [0.25, 0.3) is 0 Å². The van der Waals surface area contributed by atoms with Crippen LogP contribution in [-0.2, 0) is 17.3 Å². The molecule has 138 valence electrons. The van der Waals surface area contributed by atoms with E-state index in [-0.39, 0.29) is 29.1 Å². The van der Waals surface area contributed by atoms with Gasteiger partial charge in [-0.2, -0.15) is 17.6 Å². The lowest BCUT2D eigenvalue weighted by Crippen LogP contribution is -2.34. The first kappa shape index (κ1) is 18.1. The van der Waals surface area contributed by atoms with Crippen LogP contribution in [-0.4, -0.2) is 22.6 Å². The number of ether oxygens (including phenoxy) is 1. The Morgan fingerprint density at radius 3 is 2.69 bits per heavy atom. The molecule has 1 atom stereocenters. The van der Waals surface area contributed by atoms with Crippen LogP contribution in [0.25, 0.3) is 0 Å². The molecule has 1 aromatic heterocycles. The summed E-state index contributed by atoms with van der Waals surface area (Å²) in [5.74, 6) is -5.50. The fraction of sp³-hybridized carbons (Fsp3) is 0.294. The van der Waals surface area contributed by atoms with Gasteiger partial charge >= 0.3 is 18.4 Å². The molecular formula is C17H14F4N2O3. The highest BCUT2D eigenvalue weighted by atomic mass is 19.3. The molecule has 0 fully saturated rings. The number of pyridine rings is 1. The summed E-state index contributed by atoms with van der Waals surface area (Å²) in [4.78, 5) is 16.8. The number of hydrogen-bond acceptors (Lipinski definition) is 4. The molecule has 3 rings (SSSR count). The summed E-state index contributed by atoms with van der Waals surface area (Å²) in [6.07, 6.45) is 1.13. The van der Waals surface area contributed by atoms with Crippen LogP contribution in [0.4, 0.5) is 23.2 Å². The van der Waals surface area contributed by atoms with E-state index in [0.29, 0.717) is 0 Å². The molecule has 1 aromatic carbocycles. The number of alkyl halides is 4. The third kappa shape index (κ3) is 3.10. The molecule has 0 bridgehead atoms. The molecule has 0 spiro atoms. The number of carbonyl (C=O) groups excluding carboxylic acids is 1. The minimum atomic E-state index is -3.80. The average molecular weight is 370 g/mol. The van der Waals surface area contributed by atoms with Crippen LogP contribution in [0, 0.1) is 0 Å². The maximum absolute atomic E-state index is 14.5. The van der Waals surface area contributed by atoms with Crippen LogP contribution in [0.3, 0.4) is 0 Å². The third-order valence-electron chi connectivity index (χ3n) is 3.98. The van der Waals surface area contributed by atoms with Gasteiger partial charge < -0.3 is 14.7 Å². The van der Waals surface area contributed by atoms with Crippen molar-refractivity contribution in [3.8, 4) is 5.75 Å². The van der Waals surface area contributed by atoms with E-state index in [2.05, 4.69) is 9.72 Å². The number of anilines is 1. The highest BCUT2D eigenvalue weighted by Crippen LogP contribution is 2.47. The molecule has 0 saturated heterocycles. The summed E-state index contributed by atoms with van der Waals surface area (Å²) < 4.78 is 57.9. The lowest BCUT2D eigenvalue weighted by Gasteiger charge is -2.18. The van der Waals surface area contributed by atoms with E-state index in [1.165, 1.54) is 37.4 Å². The van der Waals surface area contributed by atoms with Crippen molar-refractivity contribution in [3.63, 3.8) is 0 Å². The Morgan fingerprint density at radius 1 is 1.31 bits per heavy atom.